The lowest BCUT2D eigenvalue weighted by molar-refractivity contribution is -0.126. The smallest absolute Gasteiger partial charge is 0.237 e. The van der Waals surface area contributed by atoms with Gasteiger partial charge in [0.2, 0.25) is 5.91 Å². The van der Waals surface area contributed by atoms with E-state index in [4.69, 9.17) is 10.5 Å². The van der Waals surface area contributed by atoms with Crippen molar-refractivity contribution in [1.29, 1.82) is 0 Å². The molecule has 0 aliphatic heterocycles. The van der Waals surface area contributed by atoms with Crippen LogP contribution in [0.4, 0.5) is 0 Å². The lowest BCUT2D eigenvalue weighted by Crippen LogP contribution is -2.60. The molecule has 0 radical (unpaired) electrons. The van der Waals surface area contributed by atoms with Gasteiger partial charge in [-0.2, -0.15) is 0 Å². The number of carbonyl (C=O) groups excluding carboxylic acids is 1. The summed E-state index contributed by atoms with van der Waals surface area (Å²) in [7, 11) is 3.80. The first-order chi connectivity index (χ1) is 8.55. The number of amides is 1. The maximum atomic E-state index is 11.8. The lowest BCUT2D eigenvalue weighted by atomic mass is 9.78. The molecule has 1 aliphatic carbocycles. The summed E-state index contributed by atoms with van der Waals surface area (Å²) in [6.07, 6.45) is 3.82. The number of hydrogen-bond donors (Lipinski definition) is 2. The number of ether oxygens (including phenoxy) is 1. The molecule has 0 saturated heterocycles. The fraction of sp³-hybridized carbons (Fsp3) is 0.923. The quantitative estimate of drug-likeness (QED) is 0.690. The van der Waals surface area contributed by atoms with E-state index in [-0.39, 0.29) is 5.91 Å². The minimum atomic E-state index is -0.515. The van der Waals surface area contributed by atoms with Crippen LogP contribution in [0.5, 0.6) is 0 Å². The number of primary amides is 1. The average Bonchev–Trinajstić information content (AvgIpc) is 2.36. The number of nitrogens with two attached hydrogens (primary N) is 1. The van der Waals surface area contributed by atoms with Crippen molar-refractivity contribution < 1.29 is 9.53 Å². The summed E-state index contributed by atoms with van der Waals surface area (Å²) in [5.74, 6) is -0.214. The first-order valence-electron chi connectivity index (χ1n) is 6.80. The fourth-order valence-corrected chi connectivity index (χ4v) is 2.85. The van der Waals surface area contributed by atoms with E-state index in [9.17, 15) is 4.79 Å². The molecule has 0 heterocycles. The van der Waals surface area contributed by atoms with Crippen LogP contribution >= 0.6 is 0 Å². The van der Waals surface area contributed by atoms with Crippen LogP contribution in [0.15, 0.2) is 0 Å². The van der Waals surface area contributed by atoms with Crippen LogP contribution in [0.2, 0.25) is 0 Å². The third-order valence-corrected chi connectivity index (χ3v) is 3.98. The van der Waals surface area contributed by atoms with Gasteiger partial charge in [0.1, 0.15) is 0 Å². The molecule has 1 saturated carbocycles. The van der Waals surface area contributed by atoms with Gasteiger partial charge >= 0.3 is 0 Å². The summed E-state index contributed by atoms with van der Waals surface area (Å²) in [6.45, 7) is 4.40. The van der Waals surface area contributed by atoms with Crippen molar-refractivity contribution in [2.24, 2.45) is 5.73 Å². The predicted octanol–water partition coefficient (Wildman–Crippen LogP) is 0.341. The SMILES string of the molecule is CCNC1(C(N)=O)CCCC(N(C)CCOC)C1. The number of hydrogen-bond acceptors (Lipinski definition) is 4. The van der Waals surface area contributed by atoms with E-state index in [1.54, 1.807) is 7.11 Å². The van der Waals surface area contributed by atoms with Gasteiger partial charge in [-0.1, -0.05) is 6.92 Å². The van der Waals surface area contributed by atoms with Crippen molar-refractivity contribution in [2.75, 3.05) is 33.9 Å². The molecule has 1 amide bonds. The van der Waals surface area contributed by atoms with Crippen LogP contribution in [-0.2, 0) is 9.53 Å². The Morgan fingerprint density at radius 1 is 1.61 bits per heavy atom. The van der Waals surface area contributed by atoms with Crippen LogP contribution in [0.3, 0.4) is 0 Å². The molecule has 1 aliphatic rings. The molecular weight excluding hydrogens is 230 g/mol. The van der Waals surface area contributed by atoms with E-state index in [2.05, 4.69) is 17.3 Å². The molecule has 5 nitrogen and oxygen atoms in total. The zero-order valence-electron chi connectivity index (χ0n) is 11.9. The van der Waals surface area contributed by atoms with Gasteiger partial charge in [0.25, 0.3) is 0 Å². The highest BCUT2D eigenvalue weighted by Crippen LogP contribution is 2.30. The molecule has 106 valence electrons. The van der Waals surface area contributed by atoms with Gasteiger partial charge in [-0.15, -0.1) is 0 Å². The summed E-state index contributed by atoms with van der Waals surface area (Å²) >= 11 is 0. The highest BCUT2D eigenvalue weighted by Gasteiger charge is 2.41. The highest BCUT2D eigenvalue weighted by molar-refractivity contribution is 5.84. The first-order valence-corrected chi connectivity index (χ1v) is 6.80. The topological polar surface area (TPSA) is 67.6 Å². The van der Waals surface area contributed by atoms with Gasteiger partial charge in [0.05, 0.1) is 12.1 Å². The molecule has 0 aromatic heterocycles. The van der Waals surface area contributed by atoms with Gasteiger partial charge in [-0.25, -0.2) is 0 Å². The Balaban J connectivity index is 2.65. The van der Waals surface area contributed by atoms with E-state index in [0.717, 1.165) is 45.4 Å². The molecule has 1 rings (SSSR count). The second kappa shape index (κ2) is 7.07. The average molecular weight is 257 g/mol. The molecule has 2 unspecified atom stereocenters. The zero-order valence-corrected chi connectivity index (χ0v) is 11.9. The van der Waals surface area contributed by atoms with Gasteiger partial charge in [0.15, 0.2) is 0 Å². The van der Waals surface area contributed by atoms with Gasteiger partial charge < -0.3 is 20.7 Å². The second-order valence-electron chi connectivity index (χ2n) is 5.20. The molecule has 18 heavy (non-hydrogen) atoms. The molecule has 1 fully saturated rings. The summed E-state index contributed by atoms with van der Waals surface area (Å²) in [4.78, 5) is 14.0. The standard InChI is InChI=1S/C13H27N3O2/c1-4-15-13(12(14)17)7-5-6-11(10-13)16(2)8-9-18-3/h11,15H,4-10H2,1-3H3,(H2,14,17). The van der Waals surface area contributed by atoms with E-state index in [0.29, 0.717) is 6.04 Å². The summed E-state index contributed by atoms with van der Waals surface area (Å²) in [5, 5.41) is 3.31. The molecule has 0 spiro atoms. The highest BCUT2D eigenvalue weighted by atomic mass is 16.5. The van der Waals surface area contributed by atoms with E-state index < -0.39 is 5.54 Å². The maximum Gasteiger partial charge on any atom is 0.237 e. The van der Waals surface area contributed by atoms with Crippen molar-refractivity contribution in [2.45, 2.75) is 44.2 Å². The molecule has 2 atom stereocenters. The van der Waals surface area contributed by atoms with Crippen LogP contribution in [0.1, 0.15) is 32.6 Å². The number of rotatable bonds is 7. The van der Waals surface area contributed by atoms with Crippen LogP contribution < -0.4 is 11.1 Å². The minimum absolute atomic E-state index is 0.214. The Kier molecular flexibility index (Phi) is 6.05. The molecular formula is C13H27N3O2. The number of nitrogens with one attached hydrogen (secondary N) is 1. The van der Waals surface area contributed by atoms with Crippen LogP contribution in [0, 0.1) is 0 Å². The largest absolute Gasteiger partial charge is 0.383 e. The first kappa shape index (κ1) is 15.4. The van der Waals surface area contributed by atoms with Gasteiger partial charge in [-0.05, 0) is 39.3 Å². The monoisotopic (exact) mass is 257 g/mol. The molecule has 0 aromatic rings. The Bertz CT molecular complexity index is 269. The lowest BCUT2D eigenvalue weighted by Gasteiger charge is -2.42. The molecule has 0 bridgehead atoms. The summed E-state index contributed by atoms with van der Waals surface area (Å²) in [5.41, 5.74) is 5.09. The second-order valence-corrected chi connectivity index (χ2v) is 5.20. The molecule has 0 aromatic carbocycles. The maximum absolute atomic E-state index is 11.8. The van der Waals surface area contributed by atoms with E-state index in [1.807, 2.05) is 6.92 Å². The zero-order chi connectivity index (χ0) is 13.6. The molecule has 5 heteroatoms. The summed E-state index contributed by atoms with van der Waals surface area (Å²) in [6, 6.07) is 0.403. The predicted molar refractivity (Wildman–Crippen MR) is 72.4 cm³/mol. The number of carbonyl (C=O) groups is 1. The van der Waals surface area contributed by atoms with Crippen molar-refractivity contribution in [3.05, 3.63) is 0 Å². The third-order valence-electron chi connectivity index (χ3n) is 3.98. The minimum Gasteiger partial charge on any atom is -0.383 e. The number of likely N-dealkylation sites (N-methyl/N-ethyl adjacent to an activating group) is 2. The Morgan fingerprint density at radius 3 is 2.89 bits per heavy atom. The van der Waals surface area contributed by atoms with E-state index >= 15 is 0 Å². The summed E-state index contributed by atoms with van der Waals surface area (Å²) < 4.78 is 5.10. The van der Waals surface area contributed by atoms with Crippen LogP contribution in [0.25, 0.3) is 0 Å². The Labute approximate surface area is 110 Å². The number of methoxy groups -OCH3 is 1. The Morgan fingerprint density at radius 2 is 2.33 bits per heavy atom. The third kappa shape index (κ3) is 3.67. The normalized spacial score (nSPS) is 28.6. The fourth-order valence-electron chi connectivity index (χ4n) is 2.85. The van der Waals surface area contributed by atoms with Crippen molar-refractivity contribution >= 4 is 5.91 Å². The van der Waals surface area contributed by atoms with Crippen LogP contribution in [-0.4, -0.2) is 56.2 Å². The van der Waals surface area contributed by atoms with Gasteiger partial charge in [-0.3, -0.25) is 4.79 Å². The Hall–Kier alpha value is -0.650. The van der Waals surface area contributed by atoms with E-state index in [1.165, 1.54) is 0 Å². The van der Waals surface area contributed by atoms with Crippen molar-refractivity contribution in [1.82, 2.24) is 10.2 Å². The number of nitrogens with zero attached hydrogens (tertiary/aromatic N) is 1. The van der Waals surface area contributed by atoms with Gasteiger partial charge in [0, 0.05) is 19.7 Å². The molecule has 3 N–H and O–H groups in total. The van der Waals surface area contributed by atoms with Crippen molar-refractivity contribution in [3.8, 4) is 0 Å². The van der Waals surface area contributed by atoms with Crippen molar-refractivity contribution in [3.63, 3.8) is 0 Å².